The van der Waals surface area contributed by atoms with Crippen LogP contribution < -0.4 is 11.1 Å². The molecule has 118 valence electrons. The molecular weight excluding hydrogens is 306 g/mol. The number of nitrogens with zero attached hydrogens (tertiary/aromatic N) is 1. The Balaban J connectivity index is 2.03. The van der Waals surface area contributed by atoms with Gasteiger partial charge in [0.25, 0.3) is 5.91 Å². The van der Waals surface area contributed by atoms with E-state index in [0.29, 0.717) is 10.6 Å². The lowest BCUT2D eigenvalue weighted by Gasteiger charge is -2.19. The Labute approximate surface area is 139 Å². The smallest absolute Gasteiger partial charge is 0.263 e. The number of amides is 1. The molecule has 5 heteroatoms. The normalized spacial score (nSPS) is 11.6. The van der Waals surface area contributed by atoms with Crippen molar-refractivity contribution < 1.29 is 4.79 Å². The highest BCUT2D eigenvalue weighted by atomic mass is 32.1. The summed E-state index contributed by atoms with van der Waals surface area (Å²) in [6.45, 7) is 5.83. The van der Waals surface area contributed by atoms with Gasteiger partial charge >= 0.3 is 0 Å². The van der Waals surface area contributed by atoms with Crippen molar-refractivity contribution in [2.24, 2.45) is 0 Å². The maximum Gasteiger partial charge on any atom is 0.263 e. The minimum Gasteiger partial charge on any atom is -0.397 e. The molecule has 0 aliphatic heterocycles. The van der Waals surface area contributed by atoms with Crippen LogP contribution in [-0.2, 0) is 0 Å². The molecule has 0 saturated carbocycles. The Hall–Kier alpha value is -2.40. The van der Waals surface area contributed by atoms with E-state index >= 15 is 0 Å². The van der Waals surface area contributed by atoms with Gasteiger partial charge in [-0.1, -0.05) is 30.3 Å². The van der Waals surface area contributed by atoms with Crippen LogP contribution in [0.25, 0.3) is 21.5 Å². The Kier molecular flexibility index (Phi) is 3.82. The van der Waals surface area contributed by atoms with Crippen LogP contribution >= 0.6 is 11.3 Å². The van der Waals surface area contributed by atoms with E-state index in [1.165, 1.54) is 11.3 Å². The number of anilines is 1. The Morgan fingerprint density at radius 2 is 1.83 bits per heavy atom. The highest BCUT2D eigenvalue weighted by Gasteiger charge is 2.21. The molecule has 3 rings (SSSR count). The molecule has 1 aromatic carbocycles. The molecule has 0 radical (unpaired) electrons. The van der Waals surface area contributed by atoms with Gasteiger partial charge in [0.1, 0.15) is 9.71 Å². The van der Waals surface area contributed by atoms with Gasteiger partial charge in [0.05, 0.1) is 11.4 Å². The van der Waals surface area contributed by atoms with E-state index in [-0.39, 0.29) is 11.4 Å². The van der Waals surface area contributed by atoms with Crippen LogP contribution in [0.1, 0.15) is 30.4 Å². The zero-order chi connectivity index (χ0) is 16.6. The largest absolute Gasteiger partial charge is 0.397 e. The maximum absolute atomic E-state index is 12.4. The van der Waals surface area contributed by atoms with Crippen LogP contribution in [0.4, 0.5) is 5.69 Å². The second-order valence-corrected chi connectivity index (χ2v) is 7.46. The molecule has 0 spiro atoms. The number of aromatic nitrogens is 1. The number of carbonyl (C=O) groups is 1. The Morgan fingerprint density at radius 1 is 1.13 bits per heavy atom. The van der Waals surface area contributed by atoms with E-state index in [0.717, 1.165) is 21.5 Å². The van der Waals surface area contributed by atoms with Crippen LogP contribution in [0, 0.1) is 0 Å². The number of nitrogen functional groups attached to an aromatic ring is 1. The van der Waals surface area contributed by atoms with Gasteiger partial charge in [-0.05, 0) is 32.9 Å². The third-order valence-electron chi connectivity index (χ3n) is 3.36. The molecule has 1 amide bonds. The monoisotopic (exact) mass is 325 g/mol. The first-order chi connectivity index (χ1) is 10.8. The molecule has 0 saturated heterocycles. The average molecular weight is 325 g/mol. The van der Waals surface area contributed by atoms with Crippen molar-refractivity contribution in [3.63, 3.8) is 0 Å². The second kappa shape index (κ2) is 5.66. The molecule has 2 aromatic heterocycles. The van der Waals surface area contributed by atoms with E-state index in [9.17, 15) is 4.79 Å². The summed E-state index contributed by atoms with van der Waals surface area (Å²) in [5, 5.41) is 3.77. The fourth-order valence-corrected chi connectivity index (χ4v) is 3.32. The first-order valence-corrected chi connectivity index (χ1v) is 8.24. The number of fused-ring (bicyclic) bond motifs is 1. The Morgan fingerprint density at radius 3 is 2.48 bits per heavy atom. The topological polar surface area (TPSA) is 68.0 Å². The van der Waals surface area contributed by atoms with Crippen molar-refractivity contribution in [2.45, 2.75) is 26.3 Å². The number of nitrogens with one attached hydrogen (secondary N) is 1. The second-order valence-electron chi connectivity index (χ2n) is 6.46. The molecule has 3 aromatic rings. The number of hydrogen-bond donors (Lipinski definition) is 2. The molecule has 3 N–H and O–H groups in total. The van der Waals surface area contributed by atoms with Gasteiger partial charge in [0, 0.05) is 16.5 Å². The van der Waals surface area contributed by atoms with Gasteiger partial charge in [0.15, 0.2) is 0 Å². The average Bonchev–Trinajstić information content (AvgIpc) is 2.83. The lowest BCUT2D eigenvalue weighted by atomic mass is 10.1. The van der Waals surface area contributed by atoms with Gasteiger partial charge in [0.2, 0.25) is 0 Å². The van der Waals surface area contributed by atoms with E-state index in [4.69, 9.17) is 5.73 Å². The van der Waals surface area contributed by atoms with Gasteiger partial charge < -0.3 is 11.1 Å². The van der Waals surface area contributed by atoms with Crippen molar-refractivity contribution >= 4 is 33.1 Å². The molecule has 0 unspecified atom stereocenters. The zero-order valence-corrected chi connectivity index (χ0v) is 14.2. The number of hydrogen-bond acceptors (Lipinski definition) is 4. The molecule has 0 aliphatic rings. The van der Waals surface area contributed by atoms with Crippen molar-refractivity contribution in [3.05, 3.63) is 47.3 Å². The van der Waals surface area contributed by atoms with Crippen molar-refractivity contribution in [1.29, 1.82) is 0 Å². The van der Waals surface area contributed by atoms with Gasteiger partial charge in [-0.25, -0.2) is 4.98 Å². The lowest BCUT2D eigenvalue weighted by molar-refractivity contribution is 0.0924. The van der Waals surface area contributed by atoms with Gasteiger partial charge in [-0.3, -0.25) is 4.79 Å². The highest BCUT2D eigenvalue weighted by Crippen LogP contribution is 2.34. The first kappa shape index (κ1) is 15.5. The summed E-state index contributed by atoms with van der Waals surface area (Å²) >= 11 is 1.33. The van der Waals surface area contributed by atoms with Crippen molar-refractivity contribution in [2.75, 3.05) is 5.73 Å². The van der Waals surface area contributed by atoms with Gasteiger partial charge in [-0.15, -0.1) is 11.3 Å². The summed E-state index contributed by atoms with van der Waals surface area (Å²) < 4.78 is 0. The van der Waals surface area contributed by atoms with Crippen LogP contribution in [0.3, 0.4) is 0 Å². The number of rotatable bonds is 2. The summed E-state index contributed by atoms with van der Waals surface area (Å²) in [6, 6.07) is 13.8. The predicted molar refractivity (Wildman–Crippen MR) is 96.7 cm³/mol. The number of carbonyl (C=O) groups excluding carboxylic acids is 1. The van der Waals surface area contributed by atoms with E-state index in [1.54, 1.807) is 0 Å². The van der Waals surface area contributed by atoms with Crippen molar-refractivity contribution in [1.82, 2.24) is 10.3 Å². The molecule has 0 atom stereocenters. The van der Waals surface area contributed by atoms with E-state index < -0.39 is 0 Å². The zero-order valence-electron chi connectivity index (χ0n) is 13.4. The van der Waals surface area contributed by atoms with Crippen LogP contribution in [0.2, 0.25) is 0 Å². The summed E-state index contributed by atoms with van der Waals surface area (Å²) in [5.74, 6) is -0.153. The SMILES string of the molecule is CC(C)(C)NC(=O)c1sc2nc(-c3ccccc3)ccc2c1N. The highest BCUT2D eigenvalue weighted by molar-refractivity contribution is 7.21. The summed E-state index contributed by atoms with van der Waals surface area (Å²) in [5.41, 5.74) is 8.27. The predicted octanol–water partition coefficient (Wildman–Crippen LogP) is 4.07. The minimum absolute atomic E-state index is 0.153. The number of nitrogens with two attached hydrogens (primary N) is 1. The molecule has 4 nitrogen and oxygen atoms in total. The van der Waals surface area contributed by atoms with E-state index in [1.807, 2.05) is 63.2 Å². The van der Waals surface area contributed by atoms with Crippen LogP contribution in [-0.4, -0.2) is 16.4 Å². The first-order valence-electron chi connectivity index (χ1n) is 7.42. The fraction of sp³-hybridized carbons (Fsp3) is 0.222. The van der Waals surface area contributed by atoms with Gasteiger partial charge in [-0.2, -0.15) is 0 Å². The third kappa shape index (κ3) is 3.19. The lowest BCUT2D eigenvalue weighted by Crippen LogP contribution is -2.40. The minimum atomic E-state index is -0.303. The van der Waals surface area contributed by atoms with E-state index in [2.05, 4.69) is 10.3 Å². The fourth-order valence-electron chi connectivity index (χ4n) is 2.33. The molecular formula is C18H19N3OS. The Bertz CT molecular complexity index is 863. The molecule has 0 fully saturated rings. The van der Waals surface area contributed by atoms with Crippen molar-refractivity contribution in [3.8, 4) is 11.3 Å². The number of benzene rings is 1. The summed E-state index contributed by atoms with van der Waals surface area (Å²) in [4.78, 5) is 18.4. The standard InChI is InChI=1S/C18H19N3OS/c1-18(2,3)21-16(22)15-14(19)12-9-10-13(20-17(12)23-15)11-7-5-4-6-8-11/h4-10H,19H2,1-3H3,(H,21,22). The summed E-state index contributed by atoms with van der Waals surface area (Å²) in [7, 11) is 0. The van der Waals surface area contributed by atoms with Crippen LogP contribution in [0.15, 0.2) is 42.5 Å². The molecule has 2 heterocycles. The third-order valence-corrected chi connectivity index (χ3v) is 4.47. The molecule has 0 aliphatic carbocycles. The molecule has 0 bridgehead atoms. The molecule has 23 heavy (non-hydrogen) atoms. The number of thiophene rings is 1. The number of pyridine rings is 1. The summed E-state index contributed by atoms with van der Waals surface area (Å²) in [6.07, 6.45) is 0. The maximum atomic E-state index is 12.4. The quantitative estimate of drug-likeness (QED) is 0.746. The van der Waals surface area contributed by atoms with Crippen LogP contribution in [0.5, 0.6) is 0 Å².